The first kappa shape index (κ1) is 14.5. The molecule has 0 N–H and O–H groups in total. The molecule has 1 spiro atoms. The molecule has 0 aromatic heterocycles. The van der Waals surface area contributed by atoms with Gasteiger partial charge in [-0.05, 0) is 48.9 Å². The molecule has 0 atom stereocenters. The minimum atomic E-state index is -0.0644. The first-order chi connectivity index (χ1) is 11.3. The molecule has 23 heavy (non-hydrogen) atoms. The van der Waals surface area contributed by atoms with Crippen molar-refractivity contribution in [2.75, 3.05) is 0 Å². The fraction of sp³-hybridized carbons (Fsp3) is 0.381. The van der Waals surface area contributed by atoms with Crippen LogP contribution in [0.5, 0.6) is 5.75 Å². The molecule has 0 radical (unpaired) electrons. The van der Waals surface area contributed by atoms with Crippen LogP contribution in [0.1, 0.15) is 53.6 Å². The fourth-order valence-electron chi connectivity index (χ4n) is 4.12. The largest absolute Gasteiger partial charge is 0.489 e. The molecule has 2 nitrogen and oxygen atoms in total. The highest BCUT2D eigenvalue weighted by molar-refractivity contribution is 6.03. The monoisotopic (exact) mass is 306 g/mol. The van der Waals surface area contributed by atoms with Crippen LogP contribution in [0.4, 0.5) is 0 Å². The van der Waals surface area contributed by atoms with Gasteiger partial charge in [-0.1, -0.05) is 49.2 Å². The Kier molecular flexibility index (Phi) is 3.68. The summed E-state index contributed by atoms with van der Waals surface area (Å²) < 4.78 is 5.91. The van der Waals surface area contributed by atoms with Crippen molar-refractivity contribution < 1.29 is 9.53 Å². The Labute approximate surface area is 137 Å². The van der Waals surface area contributed by atoms with Gasteiger partial charge in [0.15, 0.2) is 5.78 Å². The molecule has 1 saturated carbocycles. The van der Waals surface area contributed by atoms with Crippen LogP contribution in [0.15, 0.2) is 48.5 Å². The molecule has 4 rings (SSSR count). The Morgan fingerprint density at radius 1 is 0.957 bits per heavy atom. The Hall–Kier alpha value is -2.09. The minimum absolute atomic E-state index is 0.0644. The number of fused-ring (bicyclic) bond motifs is 1. The number of hydrogen-bond donors (Lipinski definition) is 0. The molecule has 0 aliphatic heterocycles. The van der Waals surface area contributed by atoms with E-state index in [2.05, 4.69) is 18.2 Å². The summed E-state index contributed by atoms with van der Waals surface area (Å²) in [4.78, 5) is 13.0. The number of hydrogen-bond acceptors (Lipinski definition) is 2. The number of ether oxygens (including phenoxy) is 1. The SMILES string of the molecule is O=C1c2cc(OCc3ccccc3)ccc2CCC12CCCC2. The number of ketones is 1. The third-order valence-corrected chi connectivity index (χ3v) is 5.49. The summed E-state index contributed by atoms with van der Waals surface area (Å²) in [5.74, 6) is 1.16. The number of carbonyl (C=O) groups excluding carboxylic acids is 1. The average molecular weight is 306 g/mol. The van der Waals surface area contributed by atoms with E-state index in [1.54, 1.807) is 0 Å². The molecule has 2 heteroatoms. The van der Waals surface area contributed by atoms with Crippen LogP contribution in [-0.4, -0.2) is 5.78 Å². The maximum Gasteiger partial charge on any atom is 0.169 e. The second-order valence-electron chi connectivity index (χ2n) is 6.91. The average Bonchev–Trinajstić information content (AvgIpc) is 3.07. The van der Waals surface area contributed by atoms with Crippen molar-refractivity contribution in [3.8, 4) is 5.75 Å². The van der Waals surface area contributed by atoms with Crippen LogP contribution in [0, 0.1) is 5.41 Å². The van der Waals surface area contributed by atoms with Crippen molar-refractivity contribution in [2.45, 2.75) is 45.1 Å². The van der Waals surface area contributed by atoms with E-state index >= 15 is 0 Å². The van der Waals surface area contributed by atoms with Crippen molar-refractivity contribution in [2.24, 2.45) is 5.41 Å². The summed E-state index contributed by atoms with van der Waals surface area (Å²) in [7, 11) is 0. The third kappa shape index (κ3) is 2.67. The molecule has 0 amide bonds. The van der Waals surface area contributed by atoms with Crippen molar-refractivity contribution in [3.05, 3.63) is 65.2 Å². The first-order valence-electron chi connectivity index (χ1n) is 8.61. The Bertz CT molecular complexity index is 712. The smallest absolute Gasteiger partial charge is 0.169 e. The van der Waals surface area contributed by atoms with Crippen molar-refractivity contribution >= 4 is 5.78 Å². The van der Waals surface area contributed by atoms with E-state index in [-0.39, 0.29) is 5.41 Å². The highest BCUT2D eigenvalue weighted by Crippen LogP contribution is 2.48. The predicted octanol–water partition coefficient (Wildman–Crippen LogP) is 4.95. The van der Waals surface area contributed by atoms with Crippen LogP contribution in [-0.2, 0) is 13.0 Å². The summed E-state index contributed by atoms with van der Waals surface area (Å²) in [5.41, 5.74) is 3.18. The first-order valence-corrected chi connectivity index (χ1v) is 8.61. The van der Waals surface area contributed by atoms with E-state index in [9.17, 15) is 4.79 Å². The molecular formula is C21H22O2. The normalized spacial score (nSPS) is 18.9. The Morgan fingerprint density at radius 3 is 2.52 bits per heavy atom. The zero-order valence-corrected chi connectivity index (χ0v) is 13.4. The summed E-state index contributed by atoms with van der Waals surface area (Å²) in [6, 6.07) is 16.2. The molecule has 118 valence electrons. The molecule has 2 aliphatic rings. The van der Waals surface area contributed by atoms with Crippen LogP contribution in [0.25, 0.3) is 0 Å². The summed E-state index contributed by atoms with van der Waals surface area (Å²) in [6.07, 6.45) is 6.60. The van der Waals surface area contributed by atoms with Gasteiger partial charge >= 0.3 is 0 Å². The summed E-state index contributed by atoms with van der Waals surface area (Å²) in [5, 5.41) is 0. The number of rotatable bonds is 3. The van der Waals surface area contributed by atoms with E-state index in [0.29, 0.717) is 12.4 Å². The summed E-state index contributed by atoms with van der Waals surface area (Å²) >= 11 is 0. The highest BCUT2D eigenvalue weighted by atomic mass is 16.5. The van der Waals surface area contributed by atoms with Crippen molar-refractivity contribution in [3.63, 3.8) is 0 Å². The topological polar surface area (TPSA) is 26.3 Å². The van der Waals surface area contributed by atoms with E-state index < -0.39 is 0 Å². The predicted molar refractivity (Wildman–Crippen MR) is 90.8 cm³/mol. The molecule has 0 bridgehead atoms. The lowest BCUT2D eigenvalue weighted by Crippen LogP contribution is -2.33. The number of aryl methyl sites for hydroxylation is 1. The fourth-order valence-corrected chi connectivity index (χ4v) is 4.12. The lowest BCUT2D eigenvalue weighted by atomic mass is 9.69. The van der Waals surface area contributed by atoms with E-state index in [1.807, 2.05) is 30.3 Å². The lowest BCUT2D eigenvalue weighted by molar-refractivity contribution is 0.0765. The zero-order chi connectivity index (χ0) is 15.7. The van der Waals surface area contributed by atoms with Gasteiger partial charge in [0.2, 0.25) is 0 Å². The molecule has 2 aliphatic carbocycles. The van der Waals surface area contributed by atoms with Crippen molar-refractivity contribution in [1.29, 1.82) is 0 Å². The van der Waals surface area contributed by atoms with Crippen molar-refractivity contribution in [1.82, 2.24) is 0 Å². The van der Waals surface area contributed by atoms with Crippen LogP contribution in [0.2, 0.25) is 0 Å². The third-order valence-electron chi connectivity index (χ3n) is 5.49. The maximum absolute atomic E-state index is 13.0. The number of Topliss-reactive ketones (excluding diaryl/α,β-unsaturated/α-hetero) is 1. The maximum atomic E-state index is 13.0. The second kappa shape index (κ2) is 5.84. The second-order valence-corrected chi connectivity index (χ2v) is 6.91. The van der Waals surface area contributed by atoms with Gasteiger partial charge in [-0.15, -0.1) is 0 Å². The van der Waals surface area contributed by atoms with Gasteiger partial charge in [0, 0.05) is 11.0 Å². The van der Waals surface area contributed by atoms with Gasteiger partial charge in [-0.2, -0.15) is 0 Å². The van der Waals surface area contributed by atoms with Gasteiger partial charge in [0.1, 0.15) is 12.4 Å². The van der Waals surface area contributed by atoms with E-state index in [1.165, 1.54) is 18.4 Å². The van der Waals surface area contributed by atoms with Crippen LogP contribution >= 0.6 is 0 Å². The van der Waals surface area contributed by atoms with Gasteiger partial charge < -0.3 is 4.74 Å². The van der Waals surface area contributed by atoms with Gasteiger partial charge in [-0.25, -0.2) is 0 Å². The lowest BCUT2D eigenvalue weighted by Gasteiger charge is -2.33. The minimum Gasteiger partial charge on any atom is -0.489 e. The van der Waals surface area contributed by atoms with Crippen LogP contribution in [0.3, 0.4) is 0 Å². The molecule has 1 fully saturated rings. The zero-order valence-electron chi connectivity index (χ0n) is 13.4. The van der Waals surface area contributed by atoms with Gasteiger partial charge in [-0.3, -0.25) is 4.79 Å². The molecule has 2 aromatic rings. The van der Waals surface area contributed by atoms with Crippen LogP contribution < -0.4 is 4.74 Å². The number of benzene rings is 2. The van der Waals surface area contributed by atoms with Gasteiger partial charge in [0.25, 0.3) is 0 Å². The molecule has 2 aromatic carbocycles. The quantitative estimate of drug-likeness (QED) is 0.801. The Balaban J connectivity index is 1.56. The molecular weight excluding hydrogens is 284 g/mol. The summed E-state index contributed by atoms with van der Waals surface area (Å²) in [6.45, 7) is 0.541. The molecule has 0 saturated heterocycles. The van der Waals surface area contributed by atoms with E-state index in [4.69, 9.17) is 4.74 Å². The van der Waals surface area contributed by atoms with E-state index in [0.717, 1.165) is 42.6 Å². The number of carbonyl (C=O) groups is 1. The van der Waals surface area contributed by atoms with Gasteiger partial charge in [0.05, 0.1) is 0 Å². The molecule has 0 heterocycles. The molecule has 0 unspecified atom stereocenters. The Morgan fingerprint density at radius 2 is 1.74 bits per heavy atom. The highest BCUT2D eigenvalue weighted by Gasteiger charge is 2.44. The standard InChI is InChI=1S/C21H22O2/c22-20-19-14-18(23-15-16-6-2-1-3-7-16)9-8-17(19)10-13-21(20)11-4-5-12-21/h1-3,6-9,14H,4-5,10-13,15H2.